The molecule has 0 saturated carbocycles. The van der Waals surface area contributed by atoms with E-state index in [1.54, 1.807) is 0 Å². The van der Waals surface area contributed by atoms with Crippen LogP contribution >= 0.6 is 15.9 Å². The summed E-state index contributed by atoms with van der Waals surface area (Å²) in [5, 5.41) is 0.822. The third kappa shape index (κ3) is 4.49. The molecule has 2 aliphatic heterocycles. The summed E-state index contributed by atoms with van der Waals surface area (Å²) in [6, 6.07) is 29.0. The normalized spacial score (nSPS) is 12.2. The summed E-state index contributed by atoms with van der Waals surface area (Å²) >= 11 is 3.55. The van der Waals surface area contributed by atoms with Crippen molar-refractivity contribution in [1.82, 2.24) is 19.9 Å². The summed E-state index contributed by atoms with van der Waals surface area (Å²) < 4.78 is 0. The lowest BCUT2D eigenvalue weighted by Crippen LogP contribution is -1.88. The second-order valence-electron chi connectivity index (χ2n) is 9.66. The van der Waals surface area contributed by atoms with E-state index in [1.165, 1.54) is 5.56 Å². The first-order valence-electron chi connectivity index (χ1n) is 12.7. The zero-order chi connectivity index (χ0) is 26.3. The van der Waals surface area contributed by atoms with Gasteiger partial charge in [-0.25, -0.2) is 9.97 Å². The van der Waals surface area contributed by atoms with Crippen LogP contribution in [0.3, 0.4) is 0 Å². The van der Waals surface area contributed by atoms with Crippen molar-refractivity contribution < 1.29 is 0 Å². The van der Waals surface area contributed by atoms with Crippen molar-refractivity contribution in [2.75, 3.05) is 5.73 Å². The minimum Gasteiger partial charge on any atom is -0.399 e. The Bertz CT molecular complexity index is 1940. The Morgan fingerprint density at radius 2 is 1.08 bits per heavy atom. The van der Waals surface area contributed by atoms with Gasteiger partial charge < -0.3 is 15.7 Å². The fraction of sp³-hybridized carbons (Fsp3) is 0.0303. The van der Waals surface area contributed by atoms with Gasteiger partial charge in [-0.05, 0) is 89.5 Å². The molecule has 3 aromatic heterocycles. The van der Waals surface area contributed by atoms with Gasteiger partial charge in [-0.15, -0.1) is 0 Å². The Balaban J connectivity index is 1.54. The lowest BCUT2D eigenvalue weighted by molar-refractivity contribution is 1.31. The number of aromatic amines is 2. The van der Waals surface area contributed by atoms with E-state index in [2.05, 4.69) is 111 Å². The maximum Gasteiger partial charge on any atom is 0.0736 e. The van der Waals surface area contributed by atoms with Crippen LogP contribution in [0.5, 0.6) is 0 Å². The van der Waals surface area contributed by atoms with Crippen molar-refractivity contribution in [2.45, 2.75) is 5.33 Å². The van der Waals surface area contributed by atoms with Gasteiger partial charge in [0.25, 0.3) is 0 Å². The molecule has 5 aromatic rings. The van der Waals surface area contributed by atoms with Crippen LogP contribution in [-0.4, -0.2) is 19.9 Å². The van der Waals surface area contributed by atoms with E-state index in [0.717, 1.165) is 78.1 Å². The molecule has 0 saturated heterocycles. The summed E-state index contributed by atoms with van der Waals surface area (Å²) in [6.07, 6.45) is 8.26. The number of nitrogens with one attached hydrogen (secondary N) is 2. The van der Waals surface area contributed by atoms with Crippen LogP contribution in [0, 0.1) is 0 Å². The summed E-state index contributed by atoms with van der Waals surface area (Å²) in [5.74, 6) is 0. The molecule has 4 N–H and O–H groups in total. The molecule has 8 bridgehead atoms. The van der Waals surface area contributed by atoms with E-state index >= 15 is 0 Å². The summed E-state index contributed by atoms with van der Waals surface area (Å²) in [5.41, 5.74) is 19.7. The summed E-state index contributed by atoms with van der Waals surface area (Å²) in [6.45, 7) is 0. The number of halogens is 1. The number of hydrogen-bond donors (Lipinski definition) is 3. The number of fused-ring (bicyclic) bond motifs is 8. The van der Waals surface area contributed by atoms with Crippen LogP contribution in [-0.2, 0) is 5.33 Å². The van der Waals surface area contributed by atoms with Gasteiger partial charge in [-0.2, -0.15) is 0 Å². The highest BCUT2D eigenvalue weighted by atomic mass is 79.9. The lowest BCUT2D eigenvalue weighted by Gasteiger charge is -2.05. The van der Waals surface area contributed by atoms with Crippen molar-refractivity contribution in [2.24, 2.45) is 0 Å². The van der Waals surface area contributed by atoms with Gasteiger partial charge in [0.05, 0.1) is 22.8 Å². The Hall–Kier alpha value is -4.68. The fourth-order valence-corrected chi connectivity index (χ4v) is 5.46. The van der Waals surface area contributed by atoms with Crippen LogP contribution in [0.4, 0.5) is 5.69 Å². The van der Waals surface area contributed by atoms with Gasteiger partial charge in [0.15, 0.2) is 0 Å². The molecule has 0 fully saturated rings. The molecule has 188 valence electrons. The topological polar surface area (TPSA) is 83.4 Å². The number of aromatic nitrogens is 4. The molecule has 0 radical (unpaired) electrons. The van der Waals surface area contributed by atoms with Gasteiger partial charge in [0.1, 0.15) is 0 Å². The monoisotopic (exact) mass is 569 g/mol. The summed E-state index contributed by atoms with van der Waals surface area (Å²) in [4.78, 5) is 17.2. The molecule has 0 atom stereocenters. The lowest BCUT2D eigenvalue weighted by atomic mass is 10.0. The zero-order valence-electron chi connectivity index (χ0n) is 20.9. The molecule has 0 unspecified atom stereocenters. The second-order valence-corrected chi connectivity index (χ2v) is 10.2. The average Bonchev–Trinajstić information content (AvgIpc) is 3.77. The predicted octanol–water partition coefficient (Wildman–Crippen LogP) is 8.47. The highest BCUT2D eigenvalue weighted by Crippen LogP contribution is 2.32. The maximum absolute atomic E-state index is 5.98. The number of nitrogen functional groups attached to an aromatic ring is 1. The van der Waals surface area contributed by atoms with Crippen LogP contribution in [0.25, 0.3) is 68.6 Å². The van der Waals surface area contributed by atoms with Crippen LogP contribution in [0.1, 0.15) is 28.3 Å². The molecule has 2 aromatic carbocycles. The number of hydrogen-bond acceptors (Lipinski definition) is 3. The molecular formula is C33H24BrN5. The molecular weight excluding hydrogens is 546 g/mol. The minimum absolute atomic E-state index is 0.730. The number of nitrogens with zero attached hydrogens (tertiary/aromatic N) is 2. The Morgan fingerprint density at radius 1 is 0.590 bits per heavy atom. The zero-order valence-corrected chi connectivity index (χ0v) is 22.5. The number of H-pyrrole nitrogens is 2. The first-order chi connectivity index (χ1) is 19.1. The van der Waals surface area contributed by atoms with Gasteiger partial charge in [0, 0.05) is 44.2 Å². The van der Waals surface area contributed by atoms with Crippen molar-refractivity contribution >= 4 is 68.0 Å². The third-order valence-electron chi connectivity index (χ3n) is 6.99. The van der Waals surface area contributed by atoms with E-state index in [0.29, 0.717) is 0 Å². The highest BCUT2D eigenvalue weighted by Gasteiger charge is 2.13. The highest BCUT2D eigenvalue weighted by molar-refractivity contribution is 9.08. The number of anilines is 1. The predicted molar refractivity (Wildman–Crippen MR) is 167 cm³/mol. The molecule has 2 aliphatic rings. The molecule has 5 nitrogen and oxygen atoms in total. The van der Waals surface area contributed by atoms with Crippen molar-refractivity contribution in [3.05, 3.63) is 113 Å². The molecule has 6 heteroatoms. The number of alkyl halides is 1. The smallest absolute Gasteiger partial charge is 0.0736 e. The third-order valence-corrected chi connectivity index (χ3v) is 7.64. The van der Waals surface area contributed by atoms with Gasteiger partial charge >= 0.3 is 0 Å². The number of benzene rings is 2. The van der Waals surface area contributed by atoms with Gasteiger partial charge in [-0.3, -0.25) is 0 Å². The largest absolute Gasteiger partial charge is 0.399 e. The standard InChI is InChI=1S/C33H24BrN5/c34-19-20-1-3-21(4-2-20)32-28-13-9-24(36-28)17-26-11-15-30(38-26)33(22-5-7-23(35)8-6-22)31-16-12-27(39-31)18-25-10-14-29(32)37-25/h1-18,36,39H,19,35H2. The van der Waals surface area contributed by atoms with E-state index in [9.17, 15) is 0 Å². The molecule has 7 rings (SSSR count). The van der Waals surface area contributed by atoms with Crippen molar-refractivity contribution in [3.63, 3.8) is 0 Å². The molecule has 39 heavy (non-hydrogen) atoms. The molecule has 5 heterocycles. The first-order valence-corrected chi connectivity index (χ1v) is 13.9. The fourth-order valence-electron chi connectivity index (χ4n) is 5.09. The summed E-state index contributed by atoms with van der Waals surface area (Å²) in [7, 11) is 0. The average molecular weight is 570 g/mol. The molecule has 0 aliphatic carbocycles. The maximum atomic E-state index is 5.98. The first kappa shape index (κ1) is 23.4. The Kier molecular flexibility index (Phi) is 5.75. The number of rotatable bonds is 3. The minimum atomic E-state index is 0.730. The quantitative estimate of drug-likeness (QED) is 0.147. The van der Waals surface area contributed by atoms with Gasteiger partial charge in [0.2, 0.25) is 0 Å². The molecule has 0 spiro atoms. The van der Waals surface area contributed by atoms with E-state index < -0.39 is 0 Å². The van der Waals surface area contributed by atoms with E-state index in [-0.39, 0.29) is 0 Å². The van der Waals surface area contributed by atoms with E-state index in [1.807, 2.05) is 24.3 Å². The molecule has 0 amide bonds. The SMILES string of the molecule is Nc1ccc(-c2c3nc(cc4ccc([nH]4)c(-c4ccc(CBr)cc4)c4nc(cc5ccc2[nH]5)C=C4)C=C3)cc1. The van der Waals surface area contributed by atoms with Crippen molar-refractivity contribution in [3.8, 4) is 22.3 Å². The Morgan fingerprint density at radius 3 is 1.56 bits per heavy atom. The second kappa shape index (κ2) is 9.57. The Labute approximate surface area is 233 Å². The van der Waals surface area contributed by atoms with Crippen LogP contribution < -0.4 is 5.73 Å². The number of nitrogens with two attached hydrogens (primary N) is 1. The van der Waals surface area contributed by atoms with E-state index in [4.69, 9.17) is 15.7 Å². The van der Waals surface area contributed by atoms with Crippen LogP contribution in [0.15, 0.2) is 84.9 Å². The van der Waals surface area contributed by atoms with Crippen LogP contribution in [0.2, 0.25) is 0 Å². The van der Waals surface area contributed by atoms with Crippen molar-refractivity contribution in [1.29, 1.82) is 0 Å². The van der Waals surface area contributed by atoms with Gasteiger partial charge in [-0.1, -0.05) is 52.3 Å².